The van der Waals surface area contributed by atoms with Crippen molar-refractivity contribution >= 4 is 11.6 Å². The number of carbonyl (C=O) groups excluding carboxylic acids is 1. The molecule has 0 heterocycles. The SMILES string of the molecule is CCN(C(=O)C1(CN)CCCCCC1)c1ccc(F)cc1. The van der Waals surface area contributed by atoms with Gasteiger partial charge in [-0.15, -0.1) is 0 Å². The number of rotatable bonds is 4. The lowest BCUT2D eigenvalue weighted by Gasteiger charge is -2.35. The number of amides is 1. The molecule has 0 saturated heterocycles. The molecule has 0 aromatic heterocycles. The number of halogens is 1. The van der Waals surface area contributed by atoms with Crippen molar-refractivity contribution in [3.8, 4) is 0 Å². The first-order chi connectivity index (χ1) is 10.1. The topological polar surface area (TPSA) is 46.3 Å². The van der Waals surface area contributed by atoms with Gasteiger partial charge in [0.05, 0.1) is 5.41 Å². The van der Waals surface area contributed by atoms with E-state index in [1.165, 1.54) is 25.0 Å². The maximum absolute atomic E-state index is 13.1. The fourth-order valence-electron chi connectivity index (χ4n) is 3.26. The van der Waals surface area contributed by atoms with Gasteiger partial charge >= 0.3 is 0 Å². The Bertz CT molecular complexity index is 464. The lowest BCUT2D eigenvalue weighted by molar-refractivity contribution is -0.128. The summed E-state index contributed by atoms with van der Waals surface area (Å²) in [6.07, 6.45) is 6.20. The third-order valence-electron chi connectivity index (χ3n) is 4.60. The summed E-state index contributed by atoms with van der Waals surface area (Å²) in [6.45, 7) is 2.91. The van der Waals surface area contributed by atoms with E-state index >= 15 is 0 Å². The predicted molar refractivity (Wildman–Crippen MR) is 83.6 cm³/mol. The van der Waals surface area contributed by atoms with Gasteiger partial charge in [-0.2, -0.15) is 0 Å². The lowest BCUT2D eigenvalue weighted by atomic mass is 9.79. The fraction of sp³-hybridized carbons (Fsp3) is 0.588. The minimum absolute atomic E-state index is 0.0982. The Kier molecular flexibility index (Phi) is 5.34. The molecular weight excluding hydrogens is 267 g/mol. The zero-order valence-electron chi connectivity index (χ0n) is 12.8. The highest BCUT2D eigenvalue weighted by atomic mass is 19.1. The number of carbonyl (C=O) groups is 1. The van der Waals surface area contributed by atoms with Gasteiger partial charge in [0, 0.05) is 18.8 Å². The molecule has 1 aliphatic rings. The molecule has 0 bridgehead atoms. The van der Waals surface area contributed by atoms with Gasteiger partial charge in [-0.25, -0.2) is 4.39 Å². The number of nitrogens with zero attached hydrogens (tertiary/aromatic N) is 1. The molecule has 3 nitrogen and oxygen atoms in total. The molecule has 4 heteroatoms. The van der Waals surface area contributed by atoms with Gasteiger partial charge in [-0.05, 0) is 44.0 Å². The summed E-state index contributed by atoms with van der Waals surface area (Å²) in [6, 6.07) is 6.12. The van der Waals surface area contributed by atoms with E-state index in [2.05, 4.69) is 0 Å². The van der Waals surface area contributed by atoms with Crippen molar-refractivity contribution in [1.29, 1.82) is 0 Å². The van der Waals surface area contributed by atoms with Crippen LogP contribution in [0.3, 0.4) is 0 Å². The highest BCUT2D eigenvalue weighted by molar-refractivity contribution is 5.97. The largest absolute Gasteiger partial charge is 0.329 e. The minimum Gasteiger partial charge on any atom is -0.329 e. The Labute approximate surface area is 126 Å². The summed E-state index contributed by atoms with van der Waals surface area (Å²) < 4.78 is 13.1. The zero-order chi connectivity index (χ0) is 15.3. The summed E-state index contributed by atoms with van der Waals surface area (Å²) >= 11 is 0. The first-order valence-corrected chi connectivity index (χ1v) is 7.90. The Morgan fingerprint density at radius 2 is 1.76 bits per heavy atom. The highest BCUT2D eigenvalue weighted by Crippen LogP contribution is 2.37. The molecule has 0 radical (unpaired) electrons. The number of hydrogen-bond acceptors (Lipinski definition) is 2. The average Bonchev–Trinajstić information content (AvgIpc) is 2.76. The summed E-state index contributed by atoms with van der Waals surface area (Å²) in [5, 5.41) is 0. The van der Waals surface area contributed by atoms with Crippen LogP contribution in [0, 0.1) is 11.2 Å². The van der Waals surface area contributed by atoms with Crippen molar-refractivity contribution in [2.75, 3.05) is 18.0 Å². The van der Waals surface area contributed by atoms with Crippen LogP contribution in [0.15, 0.2) is 24.3 Å². The molecule has 0 atom stereocenters. The smallest absolute Gasteiger partial charge is 0.234 e. The maximum atomic E-state index is 13.1. The molecule has 21 heavy (non-hydrogen) atoms. The van der Waals surface area contributed by atoms with Gasteiger partial charge in [0.1, 0.15) is 5.82 Å². The van der Waals surface area contributed by atoms with E-state index in [1.807, 2.05) is 6.92 Å². The Balaban J connectivity index is 2.26. The monoisotopic (exact) mass is 292 g/mol. The van der Waals surface area contributed by atoms with Gasteiger partial charge in [-0.1, -0.05) is 25.7 Å². The second-order valence-electron chi connectivity index (χ2n) is 5.92. The molecule has 0 unspecified atom stereocenters. The van der Waals surface area contributed by atoms with E-state index in [-0.39, 0.29) is 11.7 Å². The normalized spacial score (nSPS) is 18.0. The molecular formula is C17H25FN2O. The van der Waals surface area contributed by atoms with Gasteiger partial charge in [0.2, 0.25) is 5.91 Å². The fourth-order valence-corrected chi connectivity index (χ4v) is 3.26. The van der Waals surface area contributed by atoms with Crippen molar-refractivity contribution in [1.82, 2.24) is 0 Å². The van der Waals surface area contributed by atoms with Crippen LogP contribution < -0.4 is 10.6 Å². The Morgan fingerprint density at radius 3 is 2.24 bits per heavy atom. The van der Waals surface area contributed by atoms with Crippen LogP contribution in [0.1, 0.15) is 45.4 Å². The molecule has 1 amide bonds. The van der Waals surface area contributed by atoms with Gasteiger partial charge in [0.25, 0.3) is 0 Å². The van der Waals surface area contributed by atoms with E-state index < -0.39 is 5.41 Å². The van der Waals surface area contributed by atoms with Crippen LogP contribution >= 0.6 is 0 Å². The highest BCUT2D eigenvalue weighted by Gasteiger charge is 2.40. The van der Waals surface area contributed by atoms with Crippen molar-refractivity contribution in [3.05, 3.63) is 30.1 Å². The predicted octanol–water partition coefficient (Wildman–Crippen LogP) is 3.48. The molecule has 1 fully saturated rings. The summed E-state index contributed by atoms with van der Waals surface area (Å²) in [5.41, 5.74) is 6.30. The van der Waals surface area contributed by atoms with Crippen LogP contribution in [-0.4, -0.2) is 19.0 Å². The third kappa shape index (κ3) is 3.43. The second kappa shape index (κ2) is 7.03. The van der Waals surface area contributed by atoms with E-state index in [0.29, 0.717) is 13.1 Å². The van der Waals surface area contributed by atoms with Crippen molar-refractivity contribution in [2.45, 2.75) is 45.4 Å². The van der Waals surface area contributed by atoms with E-state index in [0.717, 1.165) is 31.4 Å². The standard InChI is InChI=1S/C17H25FN2O/c1-2-20(15-9-7-14(18)8-10-15)16(21)17(13-19)11-5-3-4-6-12-17/h7-10H,2-6,11-13,19H2,1H3. The van der Waals surface area contributed by atoms with E-state index in [4.69, 9.17) is 5.73 Å². The number of hydrogen-bond donors (Lipinski definition) is 1. The average molecular weight is 292 g/mol. The molecule has 116 valence electrons. The third-order valence-corrected chi connectivity index (χ3v) is 4.60. The molecule has 1 saturated carbocycles. The summed E-state index contributed by atoms with van der Waals surface area (Å²) in [4.78, 5) is 14.8. The van der Waals surface area contributed by atoms with Crippen molar-refractivity contribution < 1.29 is 9.18 Å². The molecule has 2 N–H and O–H groups in total. The van der Waals surface area contributed by atoms with Crippen molar-refractivity contribution in [2.24, 2.45) is 11.1 Å². The van der Waals surface area contributed by atoms with Gasteiger partial charge < -0.3 is 10.6 Å². The Morgan fingerprint density at radius 1 is 1.19 bits per heavy atom. The number of nitrogens with two attached hydrogens (primary N) is 1. The van der Waals surface area contributed by atoms with E-state index in [9.17, 15) is 9.18 Å². The van der Waals surface area contributed by atoms with Crippen LogP contribution in [0.4, 0.5) is 10.1 Å². The lowest BCUT2D eigenvalue weighted by Crippen LogP contribution is -2.48. The van der Waals surface area contributed by atoms with Gasteiger partial charge in [-0.3, -0.25) is 4.79 Å². The van der Waals surface area contributed by atoms with Crippen LogP contribution in [0.25, 0.3) is 0 Å². The molecule has 2 rings (SSSR count). The molecule has 0 spiro atoms. The van der Waals surface area contributed by atoms with Crippen LogP contribution in [-0.2, 0) is 4.79 Å². The zero-order valence-corrected chi connectivity index (χ0v) is 12.8. The summed E-state index contributed by atoms with van der Waals surface area (Å²) in [5.74, 6) is -0.189. The number of anilines is 1. The number of benzene rings is 1. The maximum Gasteiger partial charge on any atom is 0.234 e. The minimum atomic E-state index is -0.444. The molecule has 1 aliphatic carbocycles. The molecule has 0 aliphatic heterocycles. The van der Waals surface area contributed by atoms with Crippen LogP contribution in [0.5, 0.6) is 0 Å². The van der Waals surface area contributed by atoms with Crippen molar-refractivity contribution in [3.63, 3.8) is 0 Å². The first-order valence-electron chi connectivity index (χ1n) is 7.90. The molecule has 1 aromatic carbocycles. The quantitative estimate of drug-likeness (QED) is 0.864. The second-order valence-corrected chi connectivity index (χ2v) is 5.92. The summed E-state index contributed by atoms with van der Waals surface area (Å²) in [7, 11) is 0. The van der Waals surface area contributed by atoms with Gasteiger partial charge in [0.15, 0.2) is 0 Å². The van der Waals surface area contributed by atoms with Crippen LogP contribution in [0.2, 0.25) is 0 Å². The first kappa shape index (κ1) is 16.0. The van der Waals surface area contributed by atoms with E-state index in [1.54, 1.807) is 17.0 Å². The Hall–Kier alpha value is -1.42. The molecule has 1 aromatic rings.